The molecule has 7 nitrogen and oxygen atoms in total. The van der Waals surface area contributed by atoms with Gasteiger partial charge in [0.25, 0.3) is 11.8 Å². The molecule has 0 atom stereocenters. The van der Waals surface area contributed by atoms with Crippen LogP contribution in [0.25, 0.3) is 0 Å². The molecule has 0 spiro atoms. The van der Waals surface area contributed by atoms with Crippen molar-refractivity contribution in [3.63, 3.8) is 0 Å². The van der Waals surface area contributed by atoms with Crippen LogP contribution in [0.1, 0.15) is 20.7 Å². The summed E-state index contributed by atoms with van der Waals surface area (Å²) in [6, 6.07) is 4.48. The van der Waals surface area contributed by atoms with Gasteiger partial charge in [0.05, 0.1) is 18.4 Å². The van der Waals surface area contributed by atoms with Crippen LogP contribution in [0.5, 0.6) is 0 Å². The highest BCUT2D eigenvalue weighted by atomic mass is 19.2. The molecule has 1 aliphatic rings. The van der Waals surface area contributed by atoms with E-state index in [1.54, 1.807) is 0 Å². The first-order valence-electron chi connectivity index (χ1n) is 8.28. The van der Waals surface area contributed by atoms with Crippen molar-refractivity contribution in [1.29, 1.82) is 0 Å². The van der Waals surface area contributed by atoms with Gasteiger partial charge in [-0.25, -0.2) is 8.78 Å². The number of hydrogen-bond donors (Lipinski definition) is 1. The van der Waals surface area contributed by atoms with Crippen LogP contribution in [-0.2, 0) is 4.79 Å². The summed E-state index contributed by atoms with van der Waals surface area (Å²) in [5.41, 5.74) is 0.380. The number of nitrogens with one attached hydrogen (secondary N) is 1. The van der Waals surface area contributed by atoms with E-state index in [1.165, 1.54) is 34.5 Å². The molecule has 0 saturated carbocycles. The summed E-state index contributed by atoms with van der Waals surface area (Å²) in [7, 11) is 0. The van der Waals surface area contributed by atoms with E-state index in [4.69, 9.17) is 4.42 Å². The highest BCUT2D eigenvalue weighted by molar-refractivity contribution is 5.96. The van der Waals surface area contributed by atoms with Crippen LogP contribution in [0.3, 0.4) is 0 Å². The lowest BCUT2D eigenvalue weighted by Crippen LogP contribution is -2.52. The van der Waals surface area contributed by atoms with E-state index >= 15 is 0 Å². The Morgan fingerprint density at radius 3 is 2.30 bits per heavy atom. The SMILES string of the molecule is O=C(NCC(=O)N1CCN(C(=O)c2ccc(F)c(F)c2)CC1)c1ccoc1. The number of benzene rings is 1. The summed E-state index contributed by atoms with van der Waals surface area (Å²) in [6.45, 7) is 0.936. The molecule has 0 unspecified atom stereocenters. The third kappa shape index (κ3) is 4.30. The first kappa shape index (κ1) is 18.6. The van der Waals surface area contributed by atoms with Crippen LogP contribution in [0.2, 0.25) is 0 Å². The van der Waals surface area contributed by atoms with E-state index in [0.717, 1.165) is 12.1 Å². The zero-order valence-electron chi connectivity index (χ0n) is 14.3. The van der Waals surface area contributed by atoms with Crippen molar-refractivity contribution < 1.29 is 27.6 Å². The second kappa shape index (κ2) is 7.98. The average Bonchev–Trinajstić information content (AvgIpc) is 3.22. The van der Waals surface area contributed by atoms with Crippen LogP contribution >= 0.6 is 0 Å². The molecule has 1 fully saturated rings. The monoisotopic (exact) mass is 377 g/mol. The number of halogens is 2. The Bertz CT molecular complexity index is 846. The summed E-state index contributed by atoms with van der Waals surface area (Å²) in [4.78, 5) is 39.3. The number of rotatable bonds is 4. The number of amides is 3. The maximum absolute atomic E-state index is 13.3. The third-order valence-corrected chi connectivity index (χ3v) is 4.27. The zero-order valence-corrected chi connectivity index (χ0v) is 14.3. The first-order valence-corrected chi connectivity index (χ1v) is 8.28. The summed E-state index contributed by atoms with van der Waals surface area (Å²) in [5.74, 6) is -3.20. The standard InChI is InChI=1S/C18H17F2N3O4/c19-14-2-1-12(9-15(14)20)18(26)23-6-4-22(5-7-23)16(24)10-21-17(25)13-3-8-27-11-13/h1-3,8-9,11H,4-7,10H2,(H,21,25). The van der Waals surface area contributed by atoms with E-state index in [0.29, 0.717) is 5.56 Å². The van der Waals surface area contributed by atoms with E-state index < -0.39 is 23.4 Å². The molecule has 0 radical (unpaired) electrons. The van der Waals surface area contributed by atoms with Crippen molar-refractivity contribution in [2.45, 2.75) is 0 Å². The fourth-order valence-electron chi connectivity index (χ4n) is 2.73. The van der Waals surface area contributed by atoms with Crippen LogP contribution in [0, 0.1) is 11.6 Å². The number of hydrogen-bond acceptors (Lipinski definition) is 4. The number of furan rings is 1. The molecule has 3 rings (SSSR count). The second-order valence-corrected chi connectivity index (χ2v) is 6.00. The predicted molar refractivity (Wildman–Crippen MR) is 89.9 cm³/mol. The lowest BCUT2D eigenvalue weighted by atomic mass is 10.1. The minimum Gasteiger partial charge on any atom is -0.472 e. The average molecular weight is 377 g/mol. The van der Waals surface area contributed by atoms with Crippen LogP contribution in [-0.4, -0.2) is 60.2 Å². The van der Waals surface area contributed by atoms with Crippen molar-refractivity contribution >= 4 is 17.7 Å². The Labute approximate surface area is 153 Å². The predicted octanol–water partition coefficient (Wildman–Crippen LogP) is 1.27. The number of carbonyl (C=O) groups excluding carboxylic acids is 3. The Kier molecular flexibility index (Phi) is 5.49. The maximum Gasteiger partial charge on any atom is 0.254 e. The summed E-state index contributed by atoms with van der Waals surface area (Å²) < 4.78 is 31.1. The van der Waals surface area contributed by atoms with Crippen molar-refractivity contribution in [2.75, 3.05) is 32.7 Å². The Morgan fingerprint density at radius 2 is 1.67 bits per heavy atom. The van der Waals surface area contributed by atoms with Gasteiger partial charge >= 0.3 is 0 Å². The van der Waals surface area contributed by atoms with Crippen LogP contribution < -0.4 is 5.32 Å². The van der Waals surface area contributed by atoms with Crippen LogP contribution in [0.4, 0.5) is 8.78 Å². The van der Waals surface area contributed by atoms with E-state index in [1.807, 2.05) is 0 Å². The molecule has 1 N–H and O–H groups in total. The molecule has 9 heteroatoms. The largest absolute Gasteiger partial charge is 0.472 e. The van der Waals surface area contributed by atoms with Crippen LogP contribution in [0.15, 0.2) is 41.2 Å². The Balaban J connectivity index is 1.49. The van der Waals surface area contributed by atoms with Gasteiger partial charge in [-0.15, -0.1) is 0 Å². The molecule has 3 amide bonds. The number of carbonyl (C=O) groups is 3. The molecule has 1 aromatic heterocycles. The minimum absolute atomic E-state index is 0.0565. The molecule has 2 heterocycles. The topological polar surface area (TPSA) is 82.9 Å². The number of nitrogens with zero attached hydrogens (tertiary/aromatic N) is 2. The van der Waals surface area contributed by atoms with Crippen molar-refractivity contribution in [3.8, 4) is 0 Å². The third-order valence-electron chi connectivity index (χ3n) is 4.27. The second-order valence-electron chi connectivity index (χ2n) is 6.00. The summed E-state index contributed by atoms with van der Waals surface area (Å²) >= 11 is 0. The van der Waals surface area contributed by atoms with Crippen molar-refractivity contribution in [2.24, 2.45) is 0 Å². The fraction of sp³-hybridized carbons (Fsp3) is 0.278. The highest BCUT2D eigenvalue weighted by Gasteiger charge is 2.25. The van der Waals surface area contributed by atoms with Crippen molar-refractivity contribution in [1.82, 2.24) is 15.1 Å². The summed E-state index contributed by atoms with van der Waals surface area (Å²) in [5, 5.41) is 2.51. The zero-order chi connectivity index (χ0) is 19.4. The van der Waals surface area contributed by atoms with Gasteiger partial charge in [-0.05, 0) is 24.3 Å². The molecule has 1 aliphatic heterocycles. The maximum atomic E-state index is 13.3. The molecule has 2 aromatic rings. The Morgan fingerprint density at radius 1 is 0.963 bits per heavy atom. The molecule has 27 heavy (non-hydrogen) atoms. The molecule has 1 aromatic carbocycles. The molecule has 1 saturated heterocycles. The molecular formula is C18H17F2N3O4. The smallest absolute Gasteiger partial charge is 0.254 e. The van der Waals surface area contributed by atoms with E-state index in [-0.39, 0.29) is 44.2 Å². The highest BCUT2D eigenvalue weighted by Crippen LogP contribution is 2.13. The quantitative estimate of drug-likeness (QED) is 0.870. The van der Waals surface area contributed by atoms with Gasteiger partial charge in [-0.2, -0.15) is 0 Å². The molecule has 0 bridgehead atoms. The van der Waals surface area contributed by atoms with Gasteiger partial charge in [0, 0.05) is 31.7 Å². The van der Waals surface area contributed by atoms with Gasteiger partial charge in [0.15, 0.2) is 11.6 Å². The van der Waals surface area contributed by atoms with E-state index in [2.05, 4.69) is 5.32 Å². The number of piperazine rings is 1. The lowest BCUT2D eigenvalue weighted by molar-refractivity contribution is -0.131. The van der Waals surface area contributed by atoms with Gasteiger partial charge < -0.3 is 19.5 Å². The Hall–Kier alpha value is -3.23. The normalized spacial score (nSPS) is 14.1. The lowest BCUT2D eigenvalue weighted by Gasteiger charge is -2.34. The summed E-state index contributed by atoms with van der Waals surface area (Å²) in [6.07, 6.45) is 2.64. The van der Waals surface area contributed by atoms with Crippen molar-refractivity contribution in [3.05, 3.63) is 59.6 Å². The fourth-order valence-corrected chi connectivity index (χ4v) is 2.73. The van der Waals surface area contributed by atoms with Gasteiger partial charge in [0.1, 0.15) is 6.26 Å². The molecule has 0 aliphatic carbocycles. The molecular weight excluding hydrogens is 360 g/mol. The first-order chi connectivity index (χ1) is 13.0. The molecule has 142 valence electrons. The minimum atomic E-state index is -1.08. The van der Waals surface area contributed by atoms with Gasteiger partial charge in [-0.3, -0.25) is 14.4 Å². The van der Waals surface area contributed by atoms with E-state index in [9.17, 15) is 23.2 Å². The van der Waals surface area contributed by atoms with Gasteiger partial charge in [0.2, 0.25) is 5.91 Å². The van der Waals surface area contributed by atoms with Gasteiger partial charge in [-0.1, -0.05) is 0 Å².